The molecule has 0 aliphatic carbocycles. The first-order chi connectivity index (χ1) is 15.4. The van der Waals surface area contributed by atoms with Crippen LogP contribution in [0.15, 0.2) is 54.6 Å². The Morgan fingerprint density at radius 3 is 2.41 bits per heavy atom. The topological polar surface area (TPSA) is 56.1 Å². The summed E-state index contributed by atoms with van der Waals surface area (Å²) in [6.07, 6.45) is 0. The summed E-state index contributed by atoms with van der Waals surface area (Å²) < 4.78 is 7.46. The Morgan fingerprint density at radius 1 is 0.969 bits per heavy atom. The van der Waals surface area contributed by atoms with Crippen LogP contribution in [0.1, 0.15) is 44.0 Å². The van der Waals surface area contributed by atoms with Gasteiger partial charge in [-0.1, -0.05) is 24.3 Å². The summed E-state index contributed by atoms with van der Waals surface area (Å²) in [5, 5.41) is 3.03. The number of amides is 1. The van der Waals surface area contributed by atoms with E-state index in [1.165, 1.54) is 27.8 Å². The number of ether oxygens (including phenoxy) is 1. The van der Waals surface area contributed by atoms with Gasteiger partial charge in [0.25, 0.3) is 5.91 Å². The van der Waals surface area contributed by atoms with E-state index in [0.29, 0.717) is 24.4 Å². The molecule has 1 amide bonds. The molecule has 0 fully saturated rings. The molecule has 1 N–H and O–H groups in total. The molecule has 5 heteroatoms. The number of benzene rings is 3. The first kappa shape index (κ1) is 21.6. The Morgan fingerprint density at radius 2 is 1.69 bits per heavy atom. The highest BCUT2D eigenvalue weighted by Crippen LogP contribution is 2.25. The molecular formula is C27H29N3O2. The fourth-order valence-corrected chi connectivity index (χ4v) is 4.16. The Balaban J connectivity index is 1.68. The molecule has 0 spiro atoms. The van der Waals surface area contributed by atoms with Gasteiger partial charge in [0.15, 0.2) is 0 Å². The average Bonchev–Trinajstić information content (AvgIpc) is 3.16. The number of nitrogens with zero attached hydrogens (tertiary/aromatic N) is 2. The van der Waals surface area contributed by atoms with Crippen molar-refractivity contribution >= 4 is 16.9 Å². The molecule has 164 valence electrons. The lowest BCUT2D eigenvalue weighted by atomic mass is 9.94. The number of rotatable bonds is 6. The highest BCUT2D eigenvalue weighted by atomic mass is 16.5. The van der Waals surface area contributed by atoms with Gasteiger partial charge in [-0.15, -0.1) is 0 Å². The molecular weight excluding hydrogens is 398 g/mol. The summed E-state index contributed by atoms with van der Waals surface area (Å²) in [6, 6.07) is 17.5. The van der Waals surface area contributed by atoms with Crippen molar-refractivity contribution in [3.8, 4) is 5.75 Å². The van der Waals surface area contributed by atoms with E-state index in [1.807, 2.05) is 30.3 Å². The second-order valence-corrected chi connectivity index (χ2v) is 8.26. The van der Waals surface area contributed by atoms with Crippen LogP contribution in [-0.2, 0) is 13.1 Å². The maximum Gasteiger partial charge on any atom is 0.251 e. The molecule has 32 heavy (non-hydrogen) atoms. The Labute approximate surface area is 189 Å². The summed E-state index contributed by atoms with van der Waals surface area (Å²) in [6.45, 7) is 9.73. The molecule has 0 radical (unpaired) electrons. The molecule has 0 atom stereocenters. The summed E-state index contributed by atoms with van der Waals surface area (Å²) in [7, 11) is 1.59. The minimum Gasteiger partial charge on any atom is -0.497 e. The third-order valence-corrected chi connectivity index (χ3v) is 6.31. The number of methoxy groups -OCH3 is 1. The van der Waals surface area contributed by atoms with E-state index in [2.05, 4.69) is 49.7 Å². The van der Waals surface area contributed by atoms with Gasteiger partial charge in [0.2, 0.25) is 0 Å². The standard InChI is InChI=1S/C27H29N3O2/c1-17-13-18(2)20(4)23(19(17)3)16-30-25-12-7-6-11-24(25)29-26(30)15-28-27(31)21-9-8-10-22(14-21)32-5/h6-14H,15-16H2,1-5H3,(H,28,31). The highest BCUT2D eigenvalue weighted by Gasteiger charge is 2.16. The highest BCUT2D eigenvalue weighted by molar-refractivity contribution is 5.94. The van der Waals surface area contributed by atoms with Crippen molar-refractivity contribution in [3.05, 3.63) is 93.8 Å². The van der Waals surface area contributed by atoms with Crippen molar-refractivity contribution in [3.63, 3.8) is 0 Å². The fraction of sp³-hybridized carbons (Fsp3) is 0.259. The number of para-hydroxylation sites is 2. The van der Waals surface area contributed by atoms with E-state index in [4.69, 9.17) is 9.72 Å². The van der Waals surface area contributed by atoms with Crippen LogP contribution in [0.2, 0.25) is 0 Å². The molecule has 0 saturated heterocycles. The smallest absolute Gasteiger partial charge is 0.251 e. The van der Waals surface area contributed by atoms with Crippen LogP contribution in [0.4, 0.5) is 0 Å². The first-order valence-electron chi connectivity index (χ1n) is 10.8. The maximum absolute atomic E-state index is 12.8. The van der Waals surface area contributed by atoms with Gasteiger partial charge in [-0.25, -0.2) is 4.98 Å². The molecule has 1 heterocycles. The second-order valence-electron chi connectivity index (χ2n) is 8.26. The SMILES string of the molecule is COc1cccc(C(=O)NCc2nc3ccccc3n2Cc2c(C)c(C)cc(C)c2C)c1. The third kappa shape index (κ3) is 4.11. The van der Waals surface area contributed by atoms with Crippen molar-refractivity contribution in [2.45, 2.75) is 40.8 Å². The zero-order valence-corrected chi connectivity index (χ0v) is 19.3. The molecule has 0 bridgehead atoms. The van der Waals surface area contributed by atoms with Crippen LogP contribution < -0.4 is 10.1 Å². The lowest BCUT2D eigenvalue weighted by Gasteiger charge is -2.18. The third-order valence-electron chi connectivity index (χ3n) is 6.31. The molecule has 0 saturated carbocycles. The molecule has 1 aromatic heterocycles. The number of carbonyl (C=O) groups excluding carboxylic acids is 1. The van der Waals surface area contributed by atoms with Gasteiger partial charge in [0, 0.05) is 12.1 Å². The predicted molar refractivity (Wildman–Crippen MR) is 128 cm³/mol. The first-order valence-corrected chi connectivity index (χ1v) is 10.8. The minimum absolute atomic E-state index is 0.152. The monoisotopic (exact) mass is 427 g/mol. The number of aryl methyl sites for hydroxylation is 2. The number of aromatic nitrogens is 2. The van der Waals surface area contributed by atoms with E-state index in [1.54, 1.807) is 19.2 Å². The number of fused-ring (bicyclic) bond motifs is 1. The van der Waals surface area contributed by atoms with Gasteiger partial charge >= 0.3 is 0 Å². The quantitative estimate of drug-likeness (QED) is 0.457. The Kier molecular flexibility index (Phi) is 5.99. The van der Waals surface area contributed by atoms with Gasteiger partial charge in [-0.05, 0) is 85.8 Å². The van der Waals surface area contributed by atoms with Gasteiger partial charge in [0.1, 0.15) is 11.6 Å². The van der Waals surface area contributed by atoms with E-state index >= 15 is 0 Å². The zero-order chi connectivity index (χ0) is 22.8. The van der Waals surface area contributed by atoms with Gasteiger partial charge in [-0.2, -0.15) is 0 Å². The largest absolute Gasteiger partial charge is 0.497 e. The molecule has 0 aliphatic heterocycles. The van der Waals surface area contributed by atoms with Gasteiger partial charge in [-0.3, -0.25) is 4.79 Å². The molecule has 0 unspecified atom stereocenters. The molecule has 0 aliphatic rings. The number of nitrogens with one attached hydrogen (secondary N) is 1. The second kappa shape index (κ2) is 8.87. The predicted octanol–water partition coefficient (Wildman–Crippen LogP) is 5.26. The van der Waals surface area contributed by atoms with Crippen LogP contribution in [0.25, 0.3) is 11.0 Å². The van der Waals surface area contributed by atoms with Crippen LogP contribution in [-0.4, -0.2) is 22.6 Å². The van der Waals surface area contributed by atoms with E-state index in [9.17, 15) is 4.79 Å². The number of hydrogen-bond acceptors (Lipinski definition) is 3. The van der Waals surface area contributed by atoms with Gasteiger partial charge < -0.3 is 14.6 Å². The van der Waals surface area contributed by atoms with Crippen molar-refractivity contribution < 1.29 is 9.53 Å². The Hall–Kier alpha value is -3.60. The van der Waals surface area contributed by atoms with E-state index < -0.39 is 0 Å². The number of carbonyl (C=O) groups is 1. The van der Waals surface area contributed by atoms with Crippen molar-refractivity contribution in [1.29, 1.82) is 0 Å². The zero-order valence-electron chi connectivity index (χ0n) is 19.3. The minimum atomic E-state index is -0.152. The average molecular weight is 428 g/mol. The van der Waals surface area contributed by atoms with Crippen molar-refractivity contribution in [2.24, 2.45) is 0 Å². The Bertz CT molecular complexity index is 1280. The van der Waals surface area contributed by atoms with Crippen LogP contribution in [0, 0.1) is 27.7 Å². The summed E-state index contributed by atoms with van der Waals surface area (Å²) in [5.41, 5.74) is 9.06. The fourth-order valence-electron chi connectivity index (χ4n) is 4.16. The lowest BCUT2D eigenvalue weighted by molar-refractivity contribution is 0.0949. The van der Waals surface area contributed by atoms with Crippen LogP contribution in [0.3, 0.4) is 0 Å². The van der Waals surface area contributed by atoms with Crippen LogP contribution >= 0.6 is 0 Å². The summed E-state index contributed by atoms with van der Waals surface area (Å²) in [5.74, 6) is 1.34. The molecule has 5 nitrogen and oxygen atoms in total. The normalized spacial score (nSPS) is 11.0. The van der Waals surface area contributed by atoms with Gasteiger partial charge in [0.05, 0.1) is 24.7 Å². The van der Waals surface area contributed by atoms with Crippen molar-refractivity contribution in [1.82, 2.24) is 14.9 Å². The summed E-state index contributed by atoms with van der Waals surface area (Å²) >= 11 is 0. The maximum atomic E-state index is 12.8. The molecule has 4 aromatic rings. The molecule has 4 rings (SSSR count). The van der Waals surface area contributed by atoms with E-state index in [0.717, 1.165) is 16.9 Å². The number of hydrogen-bond donors (Lipinski definition) is 1. The number of imidazole rings is 1. The van der Waals surface area contributed by atoms with Crippen LogP contribution in [0.5, 0.6) is 5.75 Å². The lowest BCUT2D eigenvalue weighted by Crippen LogP contribution is -2.25. The van der Waals surface area contributed by atoms with Crippen molar-refractivity contribution in [2.75, 3.05) is 7.11 Å². The molecule has 3 aromatic carbocycles. The van der Waals surface area contributed by atoms with E-state index in [-0.39, 0.29) is 5.91 Å². The summed E-state index contributed by atoms with van der Waals surface area (Å²) in [4.78, 5) is 17.6.